The van der Waals surface area contributed by atoms with Crippen molar-refractivity contribution in [2.24, 2.45) is 0 Å². The Kier molecular flexibility index (Phi) is 4.07. The molecule has 0 aliphatic carbocycles. The Morgan fingerprint density at radius 1 is 1.16 bits per heavy atom. The zero-order valence-electron chi connectivity index (χ0n) is 16.1. The van der Waals surface area contributed by atoms with E-state index in [9.17, 15) is 32.9 Å². The molecule has 1 aromatic carbocycles. The van der Waals surface area contributed by atoms with Crippen molar-refractivity contribution in [3.05, 3.63) is 86.6 Å². The number of ether oxygens (including phenoxy) is 1. The molecule has 3 aliphatic heterocycles. The lowest BCUT2D eigenvalue weighted by molar-refractivity contribution is -0.420. The second-order valence-corrected chi connectivity index (χ2v) is 7.46. The van der Waals surface area contributed by atoms with Crippen LogP contribution in [0.4, 0.5) is 13.2 Å². The number of nitrogens with zero attached hydrogens (tertiary/aromatic N) is 4. The SMILES string of the molecule is O=C1OC2(C(=O)C([N+](=O)[O-])=C3N(Cc4ccc(C(F)(F)F)nc4)CCN32)c2ccccc21. The first-order valence-corrected chi connectivity index (χ1v) is 9.45. The lowest BCUT2D eigenvalue weighted by Gasteiger charge is -2.31. The summed E-state index contributed by atoms with van der Waals surface area (Å²) in [5.41, 5.74) is -3.01. The summed E-state index contributed by atoms with van der Waals surface area (Å²) in [4.78, 5) is 43.0. The van der Waals surface area contributed by atoms with Crippen molar-refractivity contribution in [3.63, 3.8) is 0 Å². The Bertz CT molecular complexity index is 1210. The number of hydrogen-bond acceptors (Lipinski definition) is 8. The number of rotatable bonds is 3. The molecule has 1 unspecified atom stereocenters. The molecule has 4 heterocycles. The number of fused-ring (bicyclic) bond motifs is 4. The predicted molar refractivity (Wildman–Crippen MR) is 98.9 cm³/mol. The van der Waals surface area contributed by atoms with E-state index in [1.807, 2.05) is 0 Å². The van der Waals surface area contributed by atoms with Crippen LogP contribution in [-0.2, 0) is 28.0 Å². The van der Waals surface area contributed by atoms with E-state index in [0.717, 1.165) is 12.3 Å². The number of carbonyl (C=O) groups excluding carboxylic acids is 2. The number of aromatic nitrogens is 1. The summed E-state index contributed by atoms with van der Waals surface area (Å²) in [5, 5.41) is 11.8. The average Bonchev–Trinajstić information content (AvgIpc) is 3.35. The third kappa shape index (κ3) is 2.61. The second-order valence-electron chi connectivity index (χ2n) is 7.46. The van der Waals surface area contributed by atoms with Gasteiger partial charge in [0.25, 0.3) is 5.72 Å². The average molecular weight is 446 g/mol. The molecular weight excluding hydrogens is 433 g/mol. The van der Waals surface area contributed by atoms with Gasteiger partial charge in [0.05, 0.1) is 10.5 Å². The first-order chi connectivity index (χ1) is 15.1. The summed E-state index contributed by atoms with van der Waals surface area (Å²) in [6.07, 6.45) is -3.55. The summed E-state index contributed by atoms with van der Waals surface area (Å²) in [6, 6.07) is 8.23. The highest BCUT2D eigenvalue weighted by atomic mass is 19.4. The molecular formula is C20H13F3N4O5. The van der Waals surface area contributed by atoms with Gasteiger partial charge >= 0.3 is 23.6 Å². The van der Waals surface area contributed by atoms with Crippen molar-refractivity contribution in [2.45, 2.75) is 18.4 Å². The topological polar surface area (TPSA) is 106 Å². The van der Waals surface area contributed by atoms with Gasteiger partial charge in [-0.25, -0.2) is 4.79 Å². The van der Waals surface area contributed by atoms with Crippen LogP contribution in [0, 0.1) is 10.1 Å². The number of ketones is 1. The fourth-order valence-corrected chi connectivity index (χ4v) is 4.37. The molecule has 1 spiro atoms. The quantitative estimate of drug-likeness (QED) is 0.402. The van der Waals surface area contributed by atoms with Crippen molar-refractivity contribution in [2.75, 3.05) is 13.1 Å². The van der Waals surface area contributed by atoms with Crippen LogP contribution >= 0.6 is 0 Å². The molecule has 3 aliphatic rings. The van der Waals surface area contributed by atoms with Crippen molar-refractivity contribution in [1.82, 2.24) is 14.8 Å². The fraction of sp³-hybridized carbons (Fsp3) is 0.250. The van der Waals surface area contributed by atoms with Gasteiger partial charge in [-0.05, 0) is 17.7 Å². The molecule has 0 radical (unpaired) electrons. The van der Waals surface area contributed by atoms with Crippen molar-refractivity contribution in [3.8, 4) is 0 Å². The highest BCUT2D eigenvalue weighted by Crippen LogP contribution is 2.50. The van der Waals surface area contributed by atoms with Crippen molar-refractivity contribution >= 4 is 11.8 Å². The molecule has 2 aromatic rings. The van der Waals surface area contributed by atoms with Crippen LogP contribution in [0.2, 0.25) is 0 Å². The molecule has 32 heavy (non-hydrogen) atoms. The van der Waals surface area contributed by atoms with E-state index in [4.69, 9.17) is 4.74 Å². The largest absolute Gasteiger partial charge is 0.433 e. The normalized spacial score (nSPS) is 22.0. The van der Waals surface area contributed by atoms with E-state index in [2.05, 4.69) is 4.98 Å². The summed E-state index contributed by atoms with van der Waals surface area (Å²) < 4.78 is 43.8. The van der Waals surface area contributed by atoms with E-state index in [1.54, 1.807) is 12.1 Å². The number of nitro groups is 1. The van der Waals surface area contributed by atoms with Gasteiger partial charge in [-0.2, -0.15) is 13.2 Å². The zero-order chi connectivity index (χ0) is 22.8. The maximum Gasteiger partial charge on any atom is 0.433 e. The molecule has 1 atom stereocenters. The molecule has 0 bridgehead atoms. The van der Waals surface area contributed by atoms with E-state index < -0.39 is 40.0 Å². The second kappa shape index (κ2) is 6.52. The van der Waals surface area contributed by atoms with Gasteiger partial charge in [0.15, 0.2) is 5.82 Å². The third-order valence-electron chi connectivity index (χ3n) is 5.69. The Balaban J connectivity index is 1.54. The minimum absolute atomic E-state index is 0.0206. The summed E-state index contributed by atoms with van der Waals surface area (Å²) in [5.74, 6) is -1.77. The van der Waals surface area contributed by atoms with Crippen molar-refractivity contribution in [1.29, 1.82) is 0 Å². The number of halogens is 3. The van der Waals surface area contributed by atoms with Gasteiger partial charge < -0.3 is 14.5 Å². The Labute approximate surface area is 177 Å². The number of Topliss-reactive ketones (excluding diaryl/α,β-unsaturated/α-hetero) is 1. The minimum atomic E-state index is -4.59. The molecule has 1 saturated heterocycles. The Morgan fingerprint density at radius 2 is 1.91 bits per heavy atom. The molecule has 9 nitrogen and oxygen atoms in total. The Hall–Kier alpha value is -3.96. The smallest absolute Gasteiger partial charge is 0.422 e. The van der Waals surface area contributed by atoms with Gasteiger partial charge in [0, 0.05) is 31.4 Å². The first kappa shape index (κ1) is 20.0. The maximum absolute atomic E-state index is 13.3. The highest BCUT2D eigenvalue weighted by molar-refractivity contribution is 6.10. The first-order valence-electron chi connectivity index (χ1n) is 9.45. The van der Waals surface area contributed by atoms with Gasteiger partial charge in [0.1, 0.15) is 5.69 Å². The standard InChI is InChI=1S/C20H13F3N4O5/c21-20(22,23)14-6-5-11(9-24-14)10-25-7-8-26-17(25)15(27(30)31)16(28)19(26)13-4-2-1-3-12(13)18(29)32-19/h1-6,9H,7-8,10H2. The number of carbonyl (C=O) groups is 2. The summed E-state index contributed by atoms with van der Waals surface area (Å²) in [6.45, 7) is 0.337. The number of esters is 1. The summed E-state index contributed by atoms with van der Waals surface area (Å²) in [7, 11) is 0. The molecule has 164 valence electrons. The van der Waals surface area contributed by atoms with Crippen molar-refractivity contribution < 1.29 is 32.4 Å². The van der Waals surface area contributed by atoms with Crippen LogP contribution in [0.5, 0.6) is 0 Å². The van der Waals surface area contributed by atoms with Crippen LogP contribution in [0.1, 0.15) is 27.2 Å². The monoisotopic (exact) mass is 446 g/mol. The van der Waals surface area contributed by atoms with Gasteiger partial charge in [-0.15, -0.1) is 0 Å². The van der Waals surface area contributed by atoms with Crippen LogP contribution in [0.3, 0.4) is 0 Å². The highest BCUT2D eigenvalue weighted by Gasteiger charge is 2.68. The molecule has 0 amide bonds. The fourth-order valence-electron chi connectivity index (χ4n) is 4.37. The van der Waals surface area contributed by atoms with Crippen LogP contribution in [-0.4, -0.2) is 44.5 Å². The number of hydrogen-bond donors (Lipinski definition) is 0. The molecule has 1 fully saturated rings. The minimum Gasteiger partial charge on any atom is -0.422 e. The molecule has 0 saturated carbocycles. The van der Waals surface area contributed by atoms with Crippen LogP contribution in [0.25, 0.3) is 0 Å². The number of benzene rings is 1. The van der Waals surface area contributed by atoms with Gasteiger partial charge in [-0.3, -0.25) is 19.9 Å². The molecule has 0 N–H and O–H groups in total. The number of pyridine rings is 1. The van der Waals surface area contributed by atoms with Crippen LogP contribution < -0.4 is 0 Å². The lowest BCUT2D eigenvalue weighted by Crippen LogP contribution is -2.46. The van der Waals surface area contributed by atoms with Gasteiger partial charge in [0.2, 0.25) is 0 Å². The molecule has 12 heteroatoms. The summed E-state index contributed by atoms with van der Waals surface area (Å²) >= 11 is 0. The van der Waals surface area contributed by atoms with Crippen LogP contribution in [0.15, 0.2) is 54.1 Å². The zero-order valence-corrected chi connectivity index (χ0v) is 16.1. The number of alkyl halides is 3. The Morgan fingerprint density at radius 3 is 2.56 bits per heavy atom. The van der Waals surface area contributed by atoms with Gasteiger partial charge in [-0.1, -0.05) is 24.3 Å². The third-order valence-corrected chi connectivity index (χ3v) is 5.69. The lowest BCUT2D eigenvalue weighted by atomic mass is 9.95. The van der Waals surface area contributed by atoms with E-state index in [1.165, 1.54) is 28.0 Å². The van der Waals surface area contributed by atoms with E-state index >= 15 is 0 Å². The van der Waals surface area contributed by atoms with E-state index in [0.29, 0.717) is 5.56 Å². The predicted octanol–water partition coefficient (Wildman–Crippen LogP) is 2.27. The maximum atomic E-state index is 13.3. The molecule has 1 aromatic heterocycles. The molecule has 5 rings (SSSR count). The van der Waals surface area contributed by atoms with E-state index in [-0.39, 0.29) is 36.6 Å².